The molecule has 1 aromatic heterocycles. The minimum Gasteiger partial charge on any atom is -0.478 e. The van der Waals surface area contributed by atoms with Gasteiger partial charge in [-0.2, -0.15) is 0 Å². The molecule has 0 saturated carbocycles. The minimum absolute atomic E-state index is 0.196. The van der Waals surface area contributed by atoms with Crippen LogP contribution in [0.3, 0.4) is 0 Å². The molecule has 2 aromatic rings. The summed E-state index contributed by atoms with van der Waals surface area (Å²) in [7, 11) is 0. The highest BCUT2D eigenvalue weighted by molar-refractivity contribution is 5.87. The van der Waals surface area contributed by atoms with Crippen LogP contribution in [0.5, 0.6) is 0 Å². The Morgan fingerprint density at radius 2 is 2.00 bits per heavy atom. The van der Waals surface area contributed by atoms with Crippen molar-refractivity contribution in [3.63, 3.8) is 0 Å². The molecule has 0 fully saturated rings. The van der Waals surface area contributed by atoms with Gasteiger partial charge in [-0.25, -0.2) is 9.48 Å². The number of nitrogens with zero attached hydrogens (tertiary/aromatic N) is 3. The molecule has 17 heavy (non-hydrogen) atoms. The number of carboxylic acids is 1. The number of rotatable bonds is 3. The molecule has 0 unspecified atom stereocenters. The molecule has 1 heterocycles. The summed E-state index contributed by atoms with van der Waals surface area (Å²) in [5.41, 5.74) is 1.74. The Labute approximate surface area is 96.5 Å². The molecule has 0 aliphatic rings. The number of aromatic carboxylic acids is 1. The first-order chi connectivity index (χ1) is 8.13. The van der Waals surface area contributed by atoms with E-state index in [2.05, 4.69) is 10.3 Å². The van der Waals surface area contributed by atoms with E-state index >= 15 is 0 Å². The van der Waals surface area contributed by atoms with E-state index in [0.717, 1.165) is 0 Å². The Bertz CT molecular complexity index is 572. The standard InChI is InChI=1S/C11H9N3O3/c1-7-10(6-15)12-13-14(7)9-4-2-8(3-5-9)11(16)17/h2-6H,1H3,(H,16,17). The van der Waals surface area contributed by atoms with Gasteiger partial charge in [0.25, 0.3) is 0 Å². The van der Waals surface area contributed by atoms with E-state index in [1.54, 1.807) is 19.1 Å². The molecular weight excluding hydrogens is 222 g/mol. The molecule has 0 saturated heterocycles. The molecular formula is C11H9N3O3. The quantitative estimate of drug-likeness (QED) is 0.799. The molecule has 0 spiro atoms. The van der Waals surface area contributed by atoms with Crippen LogP contribution in [0.15, 0.2) is 24.3 Å². The number of hydrogen-bond acceptors (Lipinski definition) is 4. The third-order valence-electron chi connectivity index (χ3n) is 2.40. The molecule has 0 amide bonds. The van der Waals surface area contributed by atoms with E-state index in [-0.39, 0.29) is 11.3 Å². The van der Waals surface area contributed by atoms with Crippen LogP contribution in [0.25, 0.3) is 5.69 Å². The first kappa shape index (κ1) is 11.0. The molecule has 0 atom stereocenters. The Morgan fingerprint density at radius 3 is 2.47 bits per heavy atom. The van der Waals surface area contributed by atoms with Crippen molar-refractivity contribution in [3.05, 3.63) is 41.2 Å². The summed E-state index contributed by atoms with van der Waals surface area (Å²) in [4.78, 5) is 21.3. The largest absolute Gasteiger partial charge is 0.478 e. The van der Waals surface area contributed by atoms with Crippen LogP contribution in [0, 0.1) is 6.92 Å². The second kappa shape index (κ2) is 4.17. The molecule has 86 valence electrons. The fraction of sp³-hybridized carbons (Fsp3) is 0.0909. The number of carbonyl (C=O) groups excluding carboxylic acids is 1. The van der Waals surface area contributed by atoms with Gasteiger partial charge in [-0.3, -0.25) is 4.79 Å². The molecule has 0 bridgehead atoms. The van der Waals surface area contributed by atoms with E-state index < -0.39 is 5.97 Å². The van der Waals surface area contributed by atoms with Crippen LogP contribution in [0.1, 0.15) is 26.5 Å². The molecule has 0 radical (unpaired) electrons. The summed E-state index contributed by atoms with van der Waals surface area (Å²) >= 11 is 0. The predicted molar refractivity (Wildman–Crippen MR) is 58.4 cm³/mol. The van der Waals surface area contributed by atoms with Crippen molar-refractivity contribution in [1.29, 1.82) is 0 Å². The maximum absolute atomic E-state index is 10.7. The van der Waals surface area contributed by atoms with Gasteiger partial charge in [-0.1, -0.05) is 5.21 Å². The van der Waals surface area contributed by atoms with E-state index in [1.807, 2.05) is 0 Å². The van der Waals surface area contributed by atoms with Crippen molar-refractivity contribution in [3.8, 4) is 5.69 Å². The van der Waals surface area contributed by atoms with Crippen LogP contribution in [-0.4, -0.2) is 32.4 Å². The Morgan fingerprint density at radius 1 is 1.35 bits per heavy atom. The second-order valence-electron chi connectivity index (χ2n) is 3.44. The highest BCUT2D eigenvalue weighted by Gasteiger charge is 2.09. The number of hydrogen-bond donors (Lipinski definition) is 1. The van der Waals surface area contributed by atoms with Gasteiger partial charge in [0.05, 0.1) is 16.9 Å². The zero-order valence-electron chi connectivity index (χ0n) is 8.99. The van der Waals surface area contributed by atoms with Gasteiger partial charge in [-0.05, 0) is 31.2 Å². The van der Waals surface area contributed by atoms with Gasteiger partial charge in [-0.15, -0.1) is 5.10 Å². The fourth-order valence-corrected chi connectivity index (χ4v) is 1.44. The molecule has 6 nitrogen and oxygen atoms in total. The second-order valence-corrected chi connectivity index (χ2v) is 3.44. The van der Waals surface area contributed by atoms with Crippen LogP contribution in [0.4, 0.5) is 0 Å². The van der Waals surface area contributed by atoms with Crippen molar-refractivity contribution in [2.45, 2.75) is 6.92 Å². The summed E-state index contributed by atoms with van der Waals surface area (Å²) in [5, 5.41) is 16.3. The normalized spacial score (nSPS) is 10.2. The van der Waals surface area contributed by atoms with Crippen molar-refractivity contribution in [1.82, 2.24) is 15.0 Å². The van der Waals surface area contributed by atoms with Gasteiger partial charge < -0.3 is 5.11 Å². The maximum Gasteiger partial charge on any atom is 0.335 e. The number of aromatic nitrogens is 3. The van der Waals surface area contributed by atoms with Crippen molar-refractivity contribution in [2.75, 3.05) is 0 Å². The highest BCUT2D eigenvalue weighted by atomic mass is 16.4. The lowest BCUT2D eigenvalue weighted by Crippen LogP contribution is -2.01. The predicted octanol–water partition coefficient (Wildman–Crippen LogP) is 1.09. The number of aldehydes is 1. The lowest BCUT2D eigenvalue weighted by Gasteiger charge is -2.03. The summed E-state index contributed by atoms with van der Waals surface area (Å²) in [6, 6.07) is 6.16. The highest BCUT2D eigenvalue weighted by Crippen LogP contribution is 2.12. The number of carboxylic acid groups (broad SMARTS) is 1. The fourth-order valence-electron chi connectivity index (χ4n) is 1.44. The van der Waals surface area contributed by atoms with Gasteiger partial charge in [0.1, 0.15) is 5.69 Å². The first-order valence-electron chi connectivity index (χ1n) is 4.84. The van der Waals surface area contributed by atoms with Gasteiger partial charge in [0, 0.05) is 0 Å². The molecule has 2 rings (SSSR count). The first-order valence-corrected chi connectivity index (χ1v) is 4.84. The third kappa shape index (κ3) is 1.92. The molecule has 6 heteroatoms. The van der Waals surface area contributed by atoms with Crippen molar-refractivity contribution >= 4 is 12.3 Å². The average Bonchev–Trinajstić information content (AvgIpc) is 2.70. The number of benzene rings is 1. The van der Waals surface area contributed by atoms with E-state index in [1.165, 1.54) is 16.8 Å². The lowest BCUT2D eigenvalue weighted by molar-refractivity contribution is 0.0696. The smallest absolute Gasteiger partial charge is 0.335 e. The molecule has 0 aliphatic carbocycles. The summed E-state index contributed by atoms with van der Waals surface area (Å²) < 4.78 is 1.48. The topological polar surface area (TPSA) is 85.1 Å². The van der Waals surface area contributed by atoms with Crippen molar-refractivity contribution in [2.24, 2.45) is 0 Å². The summed E-state index contributed by atoms with van der Waals surface area (Å²) in [6.07, 6.45) is 0.629. The zero-order valence-corrected chi connectivity index (χ0v) is 8.99. The molecule has 1 aromatic carbocycles. The Kier molecular flexibility index (Phi) is 2.70. The Hall–Kier alpha value is -2.50. The summed E-state index contributed by atoms with van der Waals surface area (Å²) in [6.45, 7) is 1.72. The molecule has 0 aliphatic heterocycles. The van der Waals surface area contributed by atoms with Crippen LogP contribution in [-0.2, 0) is 0 Å². The van der Waals surface area contributed by atoms with Crippen molar-refractivity contribution < 1.29 is 14.7 Å². The molecule has 1 N–H and O–H groups in total. The third-order valence-corrected chi connectivity index (χ3v) is 2.40. The minimum atomic E-state index is -0.986. The van der Waals surface area contributed by atoms with E-state index in [4.69, 9.17) is 5.11 Å². The average molecular weight is 231 g/mol. The number of carbonyl (C=O) groups is 2. The monoisotopic (exact) mass is 231 g/mol. The summed E-state index contributed by atoms with van der Waals surface area (Å²) in [5.74, 6) is -0.986. The van der Waals surface area contributed by atoms with E-state index in [9.17, 15) is 9.59 Å². The van der Waals surface area contributed by atoms with Crippen LogP contribution < -0.4 is 0 Å². The SMILES string of the molecule is Cc1c(C=O)nnn1-c1ccc(C(=O)O)cc1. The van der Waals surface area contributed by atoms with Gasteiger partial charge in [0.15, 0.2) is 6.29 Å². The van der Waals surface area contributed by atoms with Crippen LogP contribution >= 0.6 is 0 Å². The van der Waals surface area contributed by atoms with Gasteiger partial charge >= 0.3 is 5.97 Å². The lowest BCUT2D eigenvalue weighted by atomic mass is 10.2. The zero-order chi connectivity index (χ0) is 12.4. The maximum atomic E-state index is 10.7. The van der Waals surface area contributed by atoms with Crippen LogP contribution in [0.2, 0.25) is 0 Å². The van der Waals surface area contributed by atoms with Gasteiger partial charge in [0.2, 0.25) is 0 Å². The Balaban J connectivity index is 2.43. The van der Waals surface area contributed by atoms with E-state index in [0.29, 0.717) is 17.7 Å².